The number of aromatic nitrogens is 1. The molecule has 0 spiro atoms. The molecule has 1 aliphatic rings. The molecule has 11 nitrogen and oxygen atoms in total. The van der Waals surface area contributed by atoms with E-state index in [0.29, 0.717) is 29.9 Å². The average molecular weight is 695 g/mol. The van der Waals surface area contributed by atoms with Gasteiger partial charge in [0.1, 0.15) is 17.4 Å². The molecule has 1 aliphatic heterocycles. The van der Waals surface area contributed by atoms with E-state index in [1.165, 1.54) is 7.05 Å². The number of carbonyl (C=O) groups excluding carboxylic acids is 2. The van der Waals surface area contributed by atoms with Gasteiger partial charge in [-0.05, 0) is 74.2 Å². The van der Waals surface area contributed by atoms with E-state index in [2.05, 4.69) is 37.5 Å². The lowest BCUT2D eigenvalue weighted by Gasteiger charge is -2.36. The molecule has 15 heteroatoms. The molecule has 3 aromatic rings. The smallest absolute Gasteiger partial charge is 0.319 e. The van der Waals surface area contributed by atoms with E-state index in [-0.39, 0.29) is 35.6 Å². The van der Waals surface area contributed by atoms with Gasteiger partial charge >= 0.3 is 6.03 Å². The van der Waals surface area contributed by atoms with Crippen molar-refractivity contribution in [3.05, 3.63) is 77.5 Å². The summed E-state index contributed by atoms with van der Waals surface area (Å²) in [5, 5.41) is 7.74. The standard InChI is InChI=1S/C32H40F2N6O5S.ClH/c1-4-5-6-28(37-32(42)38-29-17-25(31(41)35-2)26(33)18-27(29)34)22-13-15-40(16-14-22)20-21-7-12-30(36-19-21)45-24-10-8-23(9-11-24)39-46(3,43)44;/h7-12,17-19,22,28,39H,4-6,13-16,20H2,1-3H3,(H,35,41)(H2,37,38,42);1H. The SMILES string of the molecule is CCCCC(NC(=O)Nc1cc(C(=O)NC)c(F)cc1F)C1CCN(Cc2ccc(Oc3ccc(NS(C)(=O)=O)cc3)nc2)CC1.Cl. The number of pyridine rings is 1. The summed E-state index contributed by atoms with van der Waals surface area (Å²) in [5.74, 6) is -1.53. The number of nitrogens with one attached hydrogen (secondary N) is 4. The predicted octanol–water partition coefficient (Wildman–Crippen LogP) is 5.90. The minimum absolute atomic E-state index is 0. The van der Waals surface area contributed by atoms with Crippen LogP contribution in [0.2, 0.25) is 0 Å². The average Bonchev–Trinajstić information content (AvgIpc) is 3.02. The molecule has 256 valence electrons. The number of hydrogen-bond donors (Lipinski definition) is 4. The first-order chi connectivity index (χ1) is 21.9. The Bertz CT molecular complexity index is 1610. The highest BCUT2D eigenvalue weighted by molar-refractivity contribution is 7.92. The second-order valence-electron chi connectivity index (χ2n) is 11.4. The van der Waals surface area contributed by atoms with E-state index in [1.807, 2.05) is 6.07 Å². The summed E-state index contributed by atoms with van der Waals surface area (Å²) in [4.78, 5) is 31.6. The maximum absolute atomic E-state index is 14.4. The molecule has 1 atom stereocenters. The first-order valence-corrected chi connectivity index (χ1v) is 17.0. The van der Waals surface area contributed by atoms with Crippen LogP contribution < -0.4 is 25.4 Å². The van der Waals surface area contributed by atoms with Crippen molar-refractivity contribution < 1.29 is 31.5 Å². The summed E-state index contributed by atoms with van der Waals surface area (Å²) in [6, 6.07) is 11.1. The van der Waals surface area contributed by atoms with E-state index >= 15 is 0 Å². The number of benzene rings is 2. The maximum atomic E-state index is 14.4. The Balaban J connectivity index is 0.00000600. The van der Waals surface area contributed by atoms with Crippen LogP contribution in [0.1, 0.15) is 54.9 Å². The highest BCUT2D eigenvalue weighted by Gasteiger charge is 2.28. The number of hydrogen-bond acceptors (Lipinski definition) is 7. The molecule has 3 amide bonds. The zero-order chi connectivity index (χ0) is 33.3. The monoisotopic (exact) mass is 694 g/mol. The van der Waals surface area contributed by atoms with E-state index in [4.69, 9.17) is 4.74 Å². The number of rotatable bonds is 13. The third-order valence-electron chi connectivity index (χ3n) is 7.75. The summed E-state index contributed by atoms with van der Waals surface area (Å²) in [7, 11) is -2.02. The van der Waals surface area contributed by atoms with Gasteiger partial charge in [0.05, 0.1) is 17.5 Å². The molecule has 1 saturated heterocycles. The van der Waals surface area contributed by atoms with Crippen LogP contribution in [-0.2, 0) is 16.6 Å². The van der Waals surface area contributed by atoms with Crippen molar-refractivity contribution >= 4 is 45.7 Å². The zero-order valence-corrected chi connectivity index (χ0v) is 28.1. The van der Waals surface area contributed by atoms with E-state index in [9.17, 15) is 26.8 Å². The van der Waals surface area contributed by atoms with E-state index in [0.717, 1.165) is 63.1 Å². The van der Waals surface area contributed by atoms with Crippen LogP contribution in [0.4, 0.5) is 25.0 Å². The van der Waals surface area contributed by atoms with Gasteiger partial charge in [-0.25, -0.2) is 27.0 Å². The van der Waals surface area contributed by atoms with Crippen LogP contribution in [0.5, 0.6) is 11.6 Å². The first-order valence-electron chi connectivity index (χ1n) is 15.2. The summed E-state index contributed by atoms with van der Waals surface area (Å²) < 4.78 is 59.4. The Morgan fingerprint density at radius 1 is 1.06 bits per heavy atom. The topological polar surface area (TPSA) is 142 Å². The van der Waals surface area contributed by atoms with Crippen LogP contribution in [0.15, 0.2) is 54.7 Å². The van der Waals surface area contributed by atoms with Gasteiger partial charge < -0.3 is 20.7 Å². The predicted molar refractivity (Wildman–Crippen MR) is 180 cm³/mol. The van der Waals surface area contributed by atoms with Gasteiger partial charge in [0.2, 0.25) is 15.9 Å². The Labute approximate surface area is 280 Å². The summed E-state index contributed by atoms with van der Waals surface area (Å²) in [5.41, 5.74) is 0.834. The number of sulfonamides is 1. The second kappa shape index (κ2) is 17.2. The minimum atomic E-state index is -3.36. The number of anilines is 2. The molecule has 4 N–H and O–H groups in total. The fraction of sp³-hybridized carbons (Fsp3) is 0.406. The van der Waals surface area contributed by atoms with Crippen molar-refractivity contribution in [2.24, 2.45) is 5.92 Å². The molecular weight excluding hydrogens is 654 g/mol. The Morgan fingerprint density at radius 3 is 2.36 bits per heavy atom. The molecule has 0 bridgehead atoms. The van der Waals surface area contributed by atoms with Crippen molar-refractivity contribution in [1.82, 2.24) is 20.5 Å². The van der Waals surface area contributed by atoms with Crippen LogP contribution >= 0.6 is 12.4 Å². The van der Waals surface area contributed by atoms with Gasteiger partial charge in [-0.15, -0.1) is 12.4 Å². The summed E-state index contributed by atoms with van der Waals surface area (Å²) >= 11 is 0. The number of unbranched alkanes of at least 4 members (excludes halogenated alkanes) is 1. The molecule has 0 radical (unpaired) electrons. The van der Waals surface area contributed by atoms with Crippen molar-refractivity contribution in [3.8, 4) is 11.6 Å². The molecule has 2 heterocycles. The molecular formula is C32H41ClF2N6O5S. The van der Waals surface area contributed by atoms with Gasteiger partial charge in [-0.1, -0.05) is 25.8 Å². The number of ether oxygens (including phenoxy) is 1. The fourth-order valence-corrected chi connectivity index (χ4v) is 5.96. The van der Waals surface area contributed by atoms with Gasteiger partial charge in [0.15, 0.2) is 0 Å². The molecule has 0 aliphatic carbocycles. The first kappa shape index (κ1) is 37.4. The molecule has 2 aromatic carbocycles. The number of amides is 3. The van der Waals surface area contributed by atoms with E-state index in [1.54, 1.807) is 36.5 Å². The number of likely N-dealkylation sites (tertiary alicyclic amines) is 1. The van der Waals surface area contributed by atoms with Crippen molar-refractivity contribution in [2.75, 3.05) is 36.4 Å². The van der Waals surface area contributed by atoms with Crippen LogP contribution in [0.3, 0.4) is 0 Å². The van der Waals surface area contributed by atoms with Gasteiger partial charge in [-0.2, -0.15) is 0 Å². The highest BCUT2D eigenvalue weighted by atomic mass is 35.5. The molecule has 0 saturated carbocycles. The Kier molecular flexibility index (Phi) is 13.7. The summed E-state index contributed by atoms with van der Waals surface area (Å²) in [6.07, 6.45) is 7.22. The van der Waals surface area contributed by atoms with Crippen LogP contribution in [-0.4, -0.2) is 62.7 Å². The van der Waals surface area contributed by atoms with Crippen LogP contribution in [0, 0.1) is 17.6 Å². The van der Waals surface area contributed by atoms with E-state index < -0.39 is 33.6 Å². The Hall–Kier alpha value is -4.01. The fourth-order valence-electron chi connectivity index (χ4n) is 5.39. The van der Waals surface area contributed by atoms with Crippen LogP contribution in [0.25, 0.3) is 0 Å². The lowest BCUT2D eigenvalue weighted by Crippen LogP contribution is -2.46. The number of halogens is 3. The maximum Gasteiger partial charge on any atom is 0.319 e. The van der Waals surface area contributed by atoms with Crippen molar-refractivity contribution in [3.63, 3.8) is 0 Å². The largest absolute Gasteiger partial charge is 0.439 e. The molecule has 1 fully saturated rings. The Morgan fingerprint density at radius 2 is 1.77 bits per heavy atom. The third-order valence-corrected chi connectivity index (χ3v) is 8.35. The molecule has 1 aromatic heterocycles. The van der Waals surface area contributed by atoms with Gasteiger partial charge in [0, 0.05) is 43.7 Å². The quantitative estimate of drug-likeness (QED) is 0.175. The lowest BCUT2D eigenvalue weighted by molar-refractivity contribution is 0.0959. The zero-order valence-electron chi connectivity index (χ0n) is 26.5. The molecule has 47 heavy (non-hydrogen) atoms. The number of piperidine rings is 1. The second-order valence-corrected chi connectivity index (χ2v) is 13.1. The minimum Gasteiger partial charge on any atom is -0.439 e. The van der Waals surface area contributed by atoms with Crippen molar-refractivity contribution in [1.29, 1.82) is 0 Å². The third kappa shape index (κ3) is 11.3. The number of carbonyl (C=O) groups is 2. The van der Waals surface area contributed by atoms with Gasteiger partial charge in [0.25, 0.3) is 5.91 Å². The highest BCUT2D eigenvalue weighted by Crippen LogP contribution is 2.27. The summed E-state index contributed by atoms with van der Waals surface area (Å²) in [6.45, 7) is 4.43. The molecule has 1 unspecified atom stereocenters. The number of nitrogens with zero attached hydrogens (tertiary/aromatic N) is 2. The molecule has 4 rings (SSSR count). The normalized spacial score (nSPS) is 14.4. The van der Waals surface area contributed by atoms with Gasteiger partial charge in [-0.3, -0.25) is 14.4 Å². The lowest BCUT2D eigenvalue weighted by atomic mass is 9.86. The number of urea groups is 1. The van der Waals surface area contributed by atoms with Crippen molar-refractivity contribution in [2.45, 2.75) is 51.6 Å².